The van der Waals surface area contributed by atoms with Crippen LogP contribution in [0.5, 0.6) is 0 Å². The van der Waals surface area contributed by atoms with Crippen molar-refractivity contribution >= 4 is 11.7 Å². The molecule has 7 heteroatoms. The SMILES string of the molecule is NC(=NO)C1CCCN1C(=O)c1cc(F)ccc1F. The molecule has 1 atom stereocenters. The fraction of sp³-hybridized carbons (Fsp3) is 0.333. The molecule has 102 valence electrons. The van der Waals surface area contributed by atoms with E-state index in [4.69, 9.17) is 10.9 Å². The second kappa shape index (κ2) is 5.21. The van der Waals surface area contributed by atoms with Crippen molar-refractivity contribution in [2.75, 3.05) is 6.54 Å². The Morgan fingerprint density at radius 3 is 2.89 bits per heavy atom. The van der Waals surface area contributed by atoms with Gasteiger partial charge in [0, 0.05) is 6.54 Å². The van der Waals surface area contributed by atoms with Crippen LogP contribution in [0.1, 0.15) is 23.2 Å². The Labute approximate surface area is 108 Å². The summed E-state index contributed by atoms with van der Waals surface area (Å²) in [6.07, 6.45) is 1.18. The summed E-state index contributed by atoms with van der Waals surface area (Å²) < 4.78 is 26.6. The first kappa shape index (κ1) is 13.3. The van der Waals surface area contributed by atoms with Gasteiger partial charge in [0.2, 0.25) is 0 Å². The molecular formula is C12H13F2N3O2. The molecule has 0 aliphatic carbocycles. The minimum atomic E-state index is -0.795. The van der Waals surface area contributed by atoms with Gasteiger partial charge < -0.3 is 15.8 Å². The molecule has 0 radical (unpaired) electrons. The number of hydrogen-bond donors (Lipinski definition) is 2. The number of oxime groups is 1. The predicted octanol–water partition coefficient (Wildman–Crippen LogP) is 1.32. The van der Waals surface area contributed by atoms with Crippen molar-refractivity contribution in [2.45, 2.75) is 18.9 Å². The second-order valence-corrected chi connectivity index (χ2v) is 4.31. The average Bonchev–Trinajstić information content (AvgIpc) is 2.89. The molecule has 1 aromatic rings. The van der Waals surface area contributed by atoms with Crippen LogP contribution < -0.4 is 5.73 Å². The van der Waals surface area contributed by atoms with Gasteiger partial charge in [-0.3, -0.25) is 4.79 Å². The lowest BCUT2D eigenvalue weighted by atomic mass is 10.1. The molecule has 0 bridgehead atoms. The van der Waals surface area contributed by atoms with Crippen LogP contribution in [0.4, 0.5) is 8.78 Å². The molecule has 3 N–H and O–H groups in total. The van der Waals surface area contributed by atoms with Gasteiger partial charge >= 0.3 is 0 Å². The van der Waals surface area contributed by atoms with Crippen molar-refractivity contribution in [3.8, 4) is 0 Å². The Kier molecular flexibility index (Phi) is 3.64. The molecule has 1 saturated heterocycles. The van der Waals surface area contributed by atoms with Crippen LogP contribution in [0.3, 0.4) is 0 Å². The molecule has 1 aromatic carbocycles. The van der Waals surface area contributed by atoms with Crippen molar-refractivity contribution in [3.05, 3.63) is 35.4 Å². The number of nitrogens with zero attached hydrogens (tertiary/aromatic N) is 2. The highest BCUT2D eigenvalue weighted by Gasteiger charge is 2.33. The van der Waals surface area contributed by atoms with Gasteiger partial charge in [-0.25, -0.2) is 8.78 Å². The zero-order chi connectivity index (χ0) is 14.0. The molecule has 1 heterocycles. The first-order valence-corrected chi connectivity index (χ1v) is 5.78. The third-order valence-electron chi connectivity index (χ3n) is 3.13. The van der Waals surface area contributed by atoms with Crippen LogP contribution in [0.25, 0.3) is 0 Å². The van der Waals surface area contributed by atoms with Crippen molar-refractivity contribution in [2.24, 2.45) is 10.9 Å². The molecule has 0 saturated carbocycles. The molecule has 1 amide bonds. The molecule has 0 spiro atoms. The lowest BCUT2D eigenvalue weighted by Crippen LogP contribution is -2.44. The summed E-state index contributed by atoms with van der Waals surface area (Å²) in [6.45, 7) is 0.357. The highest BCUT2D eigenvalue weighted by molar-refractivity contribution is 5.98. The second-order valence-electron chi connectivity index (χ2n) is 4.31. The zero-order valence-corrected chi connectivity index (χ0v) is 10.0. The van der Waals surface area contributed by atoms with E-state index in [0.29, 0.717) is 19.4 Å². The highest BCUT2D eigenvalue weighted by Crippen LogP contribution is 2.22. The Bertz CT molecular complexity index is 534. The van der Waals surface area contributed by atoms with Gasteiger partial charge in [-0.1, -0.05) is 5.16 Å². The topological polar surface area (TPSA) is 78.9 Å². The van der Waals surface area contributed by atoms with E-state index in [9.17, 15) is 13.6 Å². The third-order valence-corrected chi connectivity index (χ3v) is 3.13. The summed E-state index contributed by atoms with van der Waals surface area (Å²) in [5.74, 6) is -2.25. The predicted molar refractivity (Wildman–Crippen MR) is 63.8 cm³/mol. The summed E-state index contributed by atoms with van der Waals surface area (Å²) >= 11 is 0. The van der Waals surface area contributed by atoms with E-state index in [1.54, 1.807) is 0 Å². The molecule has 1 aliphatic rings. The average molecular weight is 269 g/mol. The lowest BCUT2D eigenvalue weighted by molar-refractivity contribution is 0.0762. The van der Waals surface area contributed by atoms with Crippen LogP contribution in [0.15, 0.2) is 23.4 Å². The summed E-state index contributed by atoms with van der Waals surface area (Å²) in [5.41, 5.74) is 5.14. The molecular weight excluding hydrogens is 256 g/mol. The molecule has 1 fully saturated rings. The van der Waals surface area contributed by atoms with E-state index in [1.165, 1.54) is 4.90 Å². The van der Waals surface area contributed by atoms with E-state index in [-0.39, 0.29) is 11.4 Å². The number of amides is 1. The zero-order valence-electron chi connectivity index (χ0n) is 10.0. The van der Waals surface area contributed by atoms with Crippen molar-refractivity contribution < 1.29 is 18.8 Å². The van der Waals surface area contributed by atoms with E-state index in [2.05, 4.69) is 5.16 Å². The van der Waals surface area contributed by atoms with Crippen LogP contribution in [0.2, 0.25) is 0 Å². The van der Waals surface area contributed by atoms with Gasteiger partial charge in [-0.2, -0.15) is 0 Å². The maximum absolute atomic E-state index is 13.6. The minimum Gasteiger partial charge on any atom is -0.409 e. The van der Waals surface area contributed by atoms with Crippen LogP contribution in [-0.2, 0) is 0 Å². The van der Waals surface area contributed by atoms with E-state index < -0.39 is 23.6 Å². The van der Waals surface area contributed by atoms with Gasteiger partial charge in [0.1, 0.15) is 11.6 Å². The molecule has 2 rings (SSSR count). The third kappa shape index (κ3) is 2.49. The van der Waals surface area contributed by atoms with Crippen LogP contribution in [0, 0.1) is 11.6 Å². The standard InChI is InChI=1S/C12H13F2N3O2/c13-7-3-4-9(14)8(6-7)12(18)17-5-1-2-10(17)11(15)16-19/h3-4,6,10,19H,1-2,5H2,(H2,15,16). The first-order valence-electron chi connectivity index (χ1n) is 5.78. The van der Waals surface area contributed by atoms with Gasteiger partial charge in [0.15, 0.2) is 5.84 Å². The molecule has 1 aliphatic heterocycles. The van der Waals surface area contributed by atoms with E-state index >= 15 is 0 Å². The van der Waals surface area contributed by atoms with E-state index in [1.807, 2.05) is 0 Å². The number of benzene rings is 1. The fourth-order valence-corrected chi connectivity index (χ4v) is 2.20. The normalized spacial score (nSPS) is 19.8. The summed E-state index contributed by atoms with van der Waals surface area (Å²) in [5, 5.41) is 11.5. The molecule has 5 nitrogen and oxygen atoms in total. The van der Waals surface area contributed by atoms with Crippen LogP contribution in [-0.4, -0.2) is 34.4 Å². The Morgan fingerprint density at radius 1 is 1.47 bits per heavy atom. The summed E-state index contributed by atoms with van der Waals surface area (Å²) in [6, 6.07) is 2.10. The quantitative estimate of drug-likeness (QED) is 0.368. The lowest BCUT2D eigenvalue weighted by Gasteiger charge is -2.23. The summed E-state index contributed by atoms with van der Waals surface area (Å²) in [7, 11) is 0. The number of hydrogen-bond acceptors (Lipinski definition) is 3. The molecule has 1 unspecified atom stereocenters. The fourth-order valence-electron chi connectivity index (χ4n) is 2.20. The van der Waals surface area contributed by atoms with Gasteiger partial charge in [0.05, 0.1) is 11.6 Å². The number of amidine groups is 1. The smallest absolute Gasteiger partial charge is 0.257 e. The maximum Gasteiger partial charge on any atom is 0.257 e. The van der Waals surface area contributed by atoms with Crippen molar-refractivity contribution in [1.29, 1.82) is 0 Å². The van der Waals surface area contributed by atoms with Crippen LogP contribution >= 0.6 is 0 Å². The number of likely N-dealkylation sites (tertiary alicyclic amines) is 1. The largest absolute Gasteiger partial charge is 0.409 e. The number of carbonyl (C=O) groups excluding carboxylic acids is 1. The Hall–Kier alpha value is -2.18. The number of rotatable bonds is 2. The highest BCUT2D eigenvalue weighted by atomic mass is 19.1. The number of carbonyl (C=O) groups is 1. The molecule has 19 heavy (non-hydrogen) atoms. The van der Waals surface area contributed by atoms with Crippen molar-refractivity contribution in [1.82, 2.24) is 4.90 Å². The number of halogens is 2. The monoisotopic (exact) mass is 269 g/mol. The van der Waals surface area contributed by atoms with E-state index in [0.717, 1.165) is 18.2 Å². The summed E-state index contributed by atoms with van der Waals surface area (Å²) in [4.78, 5) is 13.5. The number of nitrogens with two attached hydrogens (primary N) is 1. The first-order chi connectivity index (χ1) is 9.04. The Balaban J connectivity index is 2.31. The van der Waals surface area contributed by atoms with Gasteiger partial charge in [-0.05, 0) is 31.0 Å². The van der Waals surface area contributed by atoms with Crippen molar-refractivity contribution in [3.63, 3.8) is 0 Å². The Morgan fingerprint density at radius 2 is 2.21 bits per heavy atom. The maximum atomic E-state index is 13.6. The molecule has 0 aromatic heterocycles. The minimum absolute atomic E-state index is 0.109. The van der Waals surface area contributed by atoms with Gasteiger partial charge in [0.25, 0.3) is 5.91 Å². The van der Waals surface area contributed by atoms with Gasteiger partial charge in [-0.15, -0.1) is 0 Å².